The summed E-state index contributed by atoms with van der Waals surface area (Å²) in [6.45, 7) is 3.00. The summed E-state index contributed by atoms with van der Waals surface area (Å²) in [7, 11) is 1.76. The maximum atomic E-state index is 5.00. The standard InChI is InChI=1S/C12H18O/c1-11-6-8-12(9-7-11)5-3-4-10-13-2/h6-9H,3-5,10H2,1-2H3. The van der Waals surface area contributed by atoms with E-state index in [1.807, 2.05) is 0 Å². The highest BCUT2D eigenvalue weighted by Gasteiger charge is 1.92. The highest BCUT2D eigenvalue weighted by Crippen LogP contribution is 2.06. The number of hydrogen-bond donors (Lipinski definition) is 0. The van der Waals surface area contributed by atoms with Gasteiger partial charge in [-0.25, -0.2) is 0 Å². The largest absolute Gasteiger partial charge is 0.385 e. The van der Waals surface area contributed by atoms with Gasteiger partial charge in [0, 0.05) is 13.7 Å². The van der Waals surface area contributed by atoms with E-state index in [1.165, 1.54) is 24.0 Å². The zero-order chi connectivity index (χ0) is 9.52. The van der Waals surface area contributed by atoms with Crippen LogP contribution in [0.5, 0.6) is 0 Å². The monoisotopic (exact) mass is 178 g/mol. The zero-order valence-electron chi connectivity index (χ0n) is 8.55. The summed E-state index contributed by atoms with van der Waals surface area (Å²) in [6.07, 6.45) is 3.55. The van der Waals surface area contributed by atoms with Gasteiger partial charge < -0.3 is 4.74 Å². The van der Waals surface area contributed by atoms with E-state index in [-0.39, 0.29) is 0 Å². The number of hydrogen-bond acceptors (Lipinski definition) is 1. The van der Waals surface area contributed by atoms with E-state index in [2.05, 4.69) is 31.2 Å². The fourth-order valence-corrected chi connectivity index (χ4v) is 1.33. The molecule has 0 heterocycles. The molecule has 72 valence electrons. The van der Waals surface area contributed by atoms with E-state index in [0.29, 0.717) is 0 Å². The van der Waals surface area contributed by atoms with E-state index in [1.54, 1.807) is 7.11 Å². The van der Waals surface area contributed by atoms with Crippen molar-refractivity contribution in [2.45, 2.75) is 26.2 Å². The summed E-state index contributed by atoms with van der Waals surface area (Å²) < 4.78 is 5.00. The third-order valence-corrected chi connectivity index (χ3v) is 2.18. The molecule has 0 bridgehead atoms. The molecule has 1 aromatic carbocycles. The lowest BCUT2D eigenvalue weighted by Gasteiger charge is -2.01. The molecule has 1 heteroatoms. The molecule has 0 atom stereocenters. The van der Waals surface area contributed by atoms with Crippen LogP contribution in [0, 0.1) is 6.92 Å². The molecule has 0 saturated heterocycles. The summed E-state index contributed by atoms with van der Waals surface area (Å²) in [6, 6.07) is 8.77. The lowest BCUT2D eigenvalue weighted by Crippen LogP contribution is -1.91. The molecule has 0 aliphatic rings. The topological polar surface area (TPSA) is 9.23 Å². The normalized spacial score (nSPS) is 10.3. The first-order valence-electron chi connectivity index (χ1n) is 4.87. The quantitative estimate of drug-likeness (QED) is 0.630. The number of benzene rings is 1. The Kier molecular flexibility index (Phi) is 4.55. The number of methoxy groups -OCH3 is 1. The summed E-state index contributed by atoms with van der Waals surface area (Å²) >= 11 is 0. The minimum atomic E-state index is 0.881. The predicted octanol–water partition coefficient (Wildman–Crippen LogP) is 2.96. The minimum Gasteiger partial charge on any atom is -0.385 e. The van der Waals surface area contributed by atoms with Crippen LogP contribution in [0.15, 0.2) is 24.3 Å². The maximum Gasteiger partial charge on any atom is 0.0462 e. The van der Waals surface area contributed by atoms with E-state index in [9.17, 15) is 0 Å². The molecule has 0 spiro atoms. The average molecular weight is 178 g/mol. The minimum absolute atomic E-state index is 0.881. The van der Waals surface area contributed by atoms with Crippen LogP contribution in [0.2, 0.25) is 0 Å². The molecule has 0 unspecified atom stereocenters. The van der Waals surface area contributed by atoms with Crippen molar-refractivity contribution in [3.8, 4) is 0 Å². The van der Waals surface area contributed by atoms with Crippen LogP contribution in [0.4, 0.5) is 0 Å². The van der Waals surface area contributed by atoms with Crippen LogP contribution in [0.1, 0.15) is 24.0 Å². The summed E-state index contributed by atoms with van der Waals surface area (Å²) in [5.74, 6) is 0. The third kappa shape index (κ3) is 4.09. The Balaban J connectivity index is 2.25. The number of ether oxygens (including phenoxy) is 1. The molecule has 0 aromatic heterocycles. The molecule has 1 nitrogen and oxygen atoms in total. The van der Waals surface area contributed by atoms with Gasteiger partial charge in [0.05, 0.1) is 0 Å². The van der Waals surface area contributed by atoms with Crippen molar-refractivity contribution in [2.24, 2.45) is 0 Å². The first kappa shape index (κ1) is 10.3. The second kappa shape index (κ2) is 5.76. The Morgan fingerprint density at radius 1 is 1.08 bits per heavy atom. The number of unbranched alkanes of at least 4 members (excludes halogenated alkanes) is 1. The van der Waals surface area contributed by atoms with Gasteiger partial charge in [0.15, 0.2) is 0 Å². The lowest BCUT2D eigenvalue weighted by molar-refractivity contribution is 0.193. The summed E-state index contributed by atoms with van der Waals surface area (Å²) in [5.41, 5.74) is 2.77. The Morgan fingerprint density at radius 3 is 2.38 bits per heavy atom. The molecule has 1 aromatic rings. The number of aryl methyl sites for hydroxylation is 2. The highest BCUT2D eigenvalue weighted by atomic mass is 16.5. The van der Waals surface area contributed by atoms with Gasteiger partial charge in [-0.15, -0.1) is 0 Å². The van der Waals surface area contributed by atoms with Crippen molar-refractivity contribution in [2.75, 3.05) is 13.7 Å². The van der Waals surface area contributed by atoms with Gasteiger partial charge in [0.1, 0.15) is 0 Å². The van der Waals surface area contributed by atoms with Crippen molar-refractivity contribution < 1.29 is 4.74 Å². The molecule has 0 aliphatic carbocycles. The molecule has 0 N–H and O–H groups in total. The van der Waals surface area contributed by atoms with Crippen LogP contribution in [0.25, 0.3) is 0 Å². The van der Waals surface area contributed by atoms with Crippen LogP contribution in [-0.2, 0) is 11.2 Å². The summed E-state index contributed by atoms with van der Waals surface area (Å²) in [4.78, 5) is 0. The molecule has 13 heavy (non-hydrogen) atoms. The van der Waals surface area contributed by atoms with Gasteiger partial charge >= 0.3 is 0 Å². The van der Waals surface area contributed by atoms with Gasteiger partial charge in [0.25, 0.3) is 0 Å². The van der Waals surface area contributed by atoms with Crippen LogP contribution in [0.3, 0.4) is 0 Å². The lowest BCUT2D eigenvalue weighted by atomic mass is 10.1. The maximum absolute atomic E-state index is 5.00. The van der Waals surface area contributed by atoms with E-state index in [4.69, 9.17) is 4.74 Å². The van der Waals surface area contributed by atoms with Gasteiger partial charge in [-0.3, -0.25) is 0 Å². The molecule has 0 radical (unpaired) electrons. The highest BCUT2D eigenvalue weighted by molar-refractivity contribution is 5.21. The second-order valence-electron chi connectivity index (χ2n) is 3.44. The first-order valence-corrected chi connectivity index (χ1v) is 4.87. The molecule has 0 amide bonds. The Hall–Kier alpha value is -0.820. The predicted molar refractivity (Wildman–Crippen MR) is 56.0 cm³/mol. The Labute approximate surface area is 80.7 Å². The van der Waals surface area contributed by atoms with Crippen molar-refractivity contribution in [3.05, 3.63) is 35.4 Å². The van der Waals surface area contributed by atoms with Gasteiger partial charge in [-0.1, -0.05) is 29.8 Å². The smallest absolute Gasteiger partial charge is 0.0462 e. The average Bonchev–Trinajstić information content (AvgIpc) is 2.15. The first-order chi connectivity index (χ1) is 6.33. The van der Waals surface area contributed by atoms with Crippen LogP contribution < -0.4 is 0 Å². The van der Waals surface area contributed by atoms with Crippen LogP contribution in [-0.4, -0.2) is 13.7 Å². The van der Waals surface area contributed by atoms with E-state index < -0.39 is 0 Å². The van der Waals surface area contributed by atoms with Crippen molar-refractivity contribution in [1.29, 1.82) is 0 Å². The molecule has 1 rings (SSSR count). The van der Waals surface area contributed by atoms with Crippen molar-refractivity contribution >= 4 is 0 Å². The Bertz CT molecular complexity index is 225. The van der Waals surface area contributed by atoms with Crippen molar-refractivity contribution in [3.63, 3.8) is 0 Å². The molecule has 0 aliphatic heterocycles. The number of rotatable bonds is 5. The van der Waals surface area contributed by atoms with Gasteiger partial charge in [-0.05, 0) is 31.7 Å². The van der Waals surface area contributed by atoms with Crippen LogP contribution >= 0.6 is 0 Å². The Morgan fingerprint density at radius 2 is 1.77 bits per heavy atom. The SMILES string of the molecule is COCCCCc1ccc(C)cc1. The van der Waals surface area contributed by atoms with E-state index >= 15 is 0 Å². The molecular formula is C12H18O. The third-order valence-electron chi connectivity index (χ3n) is 2.18. The summed E-state index contributed by atoms with van der Waals surface area (Å²) in [5, 5.41) is 0. The van der Waals surface area contributed by atoms with Gasteiger partial charge in [-0.2, -0.15) is 0 Å². The molecule has 0 saturated carbocycles. The van der Waals surface area contributed by atoms with E-state index in [0.717, 1.165) is 13.0 Å². The molecular weight excluding hydrogens is 160 g/mol. The molecule has 0 fully saturated rings. The van der Waals surface area contributed by atoms with Gasteiger partial charge in [0.2, 0.25) is 0 Å². The fraction of sp³-hybridized carbons (Fsp3) is 0.500. The second-order valence-corrected chi connectivity index (χ2v) is 3.44. The zero-order valence-corrected chi connectivity index (χ0v) is 8.55. The van der Waals surface area contributed by atoms with Crippen molar-refractivity contribution in [1.82, 2.24) is 0 Å². The fourth-order valence-electron chi connectivity index (χ4n) is 1.33.